The zero-order chi connectivity index (χ0) is 15.1. The first-order valence-electron chi connectivity index (χ1n) is 7.87. The van der Waals surface area contributed by atoms with E-state index in [1.54, 1.807) is 0 Å². The summed E-state index contributed by atoms with van der Waals surface area (Å²) in [6.45, 7) is 5.29. The summed E-state index contributed by atoms with van der Waals surface area (Å²) >= 11 is 0. The highest BCUT2D eigenvalue weighted by Crippen LogP contribution is 2.23. The van der Waals surface area contributed by atoms with Gasteiger partial charge in [0, 0.05) is 6.04 Å². The molecular formula is C17H26N2O2. The van der Waals surface area contributed by atoms with Crippen molar-refractivity contribution in [3.05, 3.63) is 29.8 Å². The number of nitrogens with one attached hydrogen (secondary N) is 2. The number of hydrogen-bond donors (Lipinski definition) is 2. The molecule has 21 heavy (non-hydrogen) atoms. The lowest BCUT2D eigenvalue weighted by atomic mass is 9.87. The summed E-state index contributed by atoms with van der Waals surface area (Å²) in [6.07, 6.45) is 4.68. The summed E-state index contributed by atoms with van der Waals surface area (Å²) in [5.74, 6) is 1.55. The minimum absolute atomic E-state index is 0.0818. The van der Waals surface area contributed by atoms with Crippen LogP contribution in [0.1, 0.15) is 38.2 Å². The van der Waals surface area contributed by atoms with Crippen molar-refractivity contribution in [3.8, 4) is 5.75 Å². The monoisotopic (exact) mass is 290 g/mol. The minimum atomic E-state index is -0.0818. The van der Waals surface area contributed by atoms with Gasteiger partial charge in [0.15, 0.2) is 0 Å². The van der Waals surface area contributed by atoms with E-state index in [9.17, 15) is 4.79 Å². The maximum Gasteiger partial charge on any atom is 0.315 e. The quantitative estimate of drug-likeness (QED) is 0.818. The van der Waals surface area contributed by atoms with Crippen LogP contribution in [0.5, 0.6) is 5.75 Å². The number of amides is 2. The molecule has 0 saturated heterocycles. The molecule has 0 unspecified atom stereocenters. The number of hydrogen-bond acceptors (Lipinski definition) is 2. The molecule has 0 bridgehead atoms. The largest absolute Gasteiger partial charge is 0.492 e. The molecule has 0 radical (unpaired) electrons. The predicted octanol–water partition coefficient (Wildman–Crippen LogP) is 3.25. The van der Waals surface area contributed by atoms with E-state index in [4.69, 9.17) is 4.74 Å². The van der Waals surface area contributed by atoms with Crippen LogP contribution in [0.4, 0.5) is 4.79 Å². The Balaban J connectivity index is 1.59. The fourth-order valence-electron chi connectivity index (χ4n) is 2.77. The standard InChI is InChI=1S/C17H26N2O2/c1-13-6-8-16(9-7-13)21-11-10-18-17(20)19-15-5-3-4-14(2)12-15/h6-9,14-15H,3-5,10-12H2,1-2H3,(H2,18,19,20)/t14-,15+/m1/s1. The maximum absolute atomic E-state index is 11.8. The van der Waals surface area contributed by atoms with Crippen molar-refractivity contribution in [1.29, 1.82) is 0 Å². The number of urea groups is 1. The van der Waals surface area contributed by atoms with Gasteiger partial charge in [-0.3, -0.25) is 0 Å². The molecule has 4 heteroatoms. The van der Waals surface area contributed by atoms with Crippen molar-refractivity contribution >= 4 is 6.03 Å². The molecule has 2 atom stereocenters. The molecule has 0 aromatic heterocycles. The number of rotatable bonds is 5. The molecular weight excluding hydrogens is 264 g/mol. The van der Waals surface area contributed by atoms with Crippen molar-refractivity contribution in [2.24, 2.45) is 5.92 Å². The Kier molecular flexibility index (Phi) is 5.90. The lowest BCUT2D eigenvalue weighted by molar-refractivity contribution is 0.224. The minimum Gasteiger partial charge on any atom is -0.492 e. The first-order chi connectivity index (χ1) is 10.1. The predicted molar refractivity (Wildman–Crippen MR) is 84.6 cm³/mol. The molecule has 4 nitrogen and oxygen atoms in total. The van der Waals surface area contributed by atoms with Gasteiger partial charge >= 0.3 is 6.03 Å². The Labute approximate surface area is 127 Å². The molecule has 1 fully saturated rings. The number of benzene rings is 1. The van der Waals surface area contributed by atoms with E-state index in [2.05, 4.69) is 17.6 Å². The van der Waals surface area contributed by atoms with Crippen LogP contribution in [0.2, 0.25) is 0 Å². The van der Waals surface area contributed by atoms with Gasteiger partial charge in [-0.15, -0.1) is 0 Å². The number of aryl methyl sites for hydroxylation is 1. The third-order valence-corrected chi connectivity index (χ3v) is 3.95. The summed E-state index contributed by atoms with van der Waals surface area (Å²) in [7, 11) is 0. The number of ether oxygens (including phenoxy) is 1. The first kappa shape index (κ1) is 15.7. The van der Waals surface area contributed by atoms with Crippen molar-refractivity contribution in [1.82, 2.24) is 10.6 Å². The highest BCUT2D eigenvalue weighted by molar-refractivity contribution is 5.74. The third-order valence-electron chi connectivity index (χ3n) is 3.95. The summed E-state index contributed by atoms with van der Waals surface area (Å²) < 4.78 is 5.58. The SMILES string of the molecule is Cc1ccc(OCCNC(=O)N[C@H]2CCC[C@@H](C)C2)cc1. The van der Waals surface area contributed by atoms with Gasteiger partial charge in [0.2, 0.25) is 0 Å². The Morgan fingerprint density at radius 3 is 2.76 bits per heavy atom. The van der Waals surface area contributed by atoms with Gasteiger partial charge in [0.25, 0.3) is 0 Å². The Hall–Kier alpha value is -1.71. The van der Waals surface area contributed by atoms with Gasteiger partial charge < -0.3 is 15.4 Å². The van der Waals surface area contributed by atoms with E-state index >= 15 is 0 Å². The molecule has 1 aromatic rings. The smallest absolute Gasteiger partial charge is 0.315 e. The van der Waals surface area contributed by atoms with E-state index in [1.807, 2.05) is 31.2 Å². The van der Waals surface area contributed by atoms with Crippen LogP contribution in [0.25, 0.3) is 0 Å². The van der Waals surface area contributed by atoms with E-state index in [-0.39, 0.29) is 6.03 Å². The molecule has 2 N–H and O–H groups in total. The molecule has 1 aromatic carbocycles. The van der Waals surface area contributed by atoms with Crippen molar-refractivity contribution < 1.29 is 9.53 Å². The summed E-state index contributed by atoms with van der Waals surface area (Å²) in [6, 6.07) is 8.16. The van der Waals surface area contributed by atoms with Gasteiger partial charge in [0.1, 0.15) is 12.4 Å². The lowest BCUT2D eigenvalue weighted by Gasteiger charge is -2.27. The van der Waals surface area contributed by atoms with Crippen LogP contribution in [-0.2, 0) is 0 Å². The van der Waals surface area contributed by atoms with E-state index < -0.39 is 0 Å². The topological polar surface area (TPSA) is 50.4 Å². The molecule has 1 aliphatic carbocycles. The highest BCUT2D eigenvalue weighted by Gasteiger charge is 2.19. The fraction of sp³-hybridized carbons (Fsp3) is 0.588. The molecule has 0 heterocycles. The van der Waals surface area contributed by atoms with Gasteiger partial charge in [0.05, 0.1) is 6.54 Å². The second-order valence-electron chi connectivity index (χ2n) is 6.03. The van der Waals surface area contributed by atoms with E-state index in [1.165, 1.54) is 18.4 Å². The van der Waals surface area contributed by atoms with Crippen molar-refractivity contribution in [2.45, 2.75) is 45.6 Å². The van der Waals surface area contributed by atoms with Crippen LogP contribution >= 0.6 is 0 Å². The zero-order valence-corrected chi connectivity index (χ0v) is 13.0. The van der Waals surface area contributed by atoms with Crippen LogP contribution < -0.4 is 15.4 Å². The highest BCUT2D eigenvalue weighted by atomic mass is 16.5. The number of carbonyl (C=O) groups is 1. The van der Waals surface area contributed by atoms with Crippen molar-refractivity contribution in [2.75, 3.05) is 13.2 Å². The van der Waals surface area contributed by atoms with Crippen LogP contribution in [0.3, 0.4) is 0 Å². The molecule has 116 valence electrons. The normalized spacial score (nSPS) is 21.6. The van der Waals surface area contributed by atoms with Gasteiger partial charge in [-0.05, 0) is 37.8 Å². The van der Waals surface area contributed by atoms with Crippen LogP contribution in [0.15, 0.2) is 24.3 Å². The molecule has 2 amide bonds. The van der Waals surface area contributed by atoms with Gasteiger partial charge in [-0.25, -0.2) is 4.79 Å². The average molecular weight is 290 g/mol. The van der Waals surface area contributed by atoms with Gasteiger partial charge in [-0.2, -0.15) is 0 Å². The zero-order valence-electron chi connectivity index (χ0n) is 13.0. The Morgan fingerprint density at radius 2 is 2.05 bits per heavy atom. The lowest BCUT2D eigenvalue weighted by Crippen LogP contribution is -2.44. The summed E-state index contributed by atoms with van der Waals surface area (Å²) in [5, 5.41) is 5.90. The Bertz CT molecular complexity index is 445. The summed E-state index contributed by atoms with van der Waals surface area (Å²) in [5.41, 5.74) is 1.21. The number of carbonyl (C=O) groups excluding carboxylic acids is 1. The molecule has 0 aliphatic heterocycles. The van der Waals surface area contributed by atoms with E-state index in [0.29, 0.717) is 25.1 Å². The van der Waals surface area contributed by atoms with E-state index in [0.717, 1.165) is 18.6 Å². The average Bonchev–Trinajstić information content (AvgIpc) is 2.45. The fourth-order valence-corrected chi connectivity index (χ4v) is 2.77. The molecule has 0 spiro atoms. The van der Waals surface area contributed by atoms with Crippen LogP contribution in [-0.4, -0.2) is 25.2 Å². The van der Waals surface area contributed by atoms with Crippen LogP contribution in [0, 0.1) is 12.8 Å². The molecule has 1 aliphatic rings. The maximum atomic E-state index is 11.8. The second-order valence-corrected chi connectivity index (χ2v) is 6.03. The van der Waals surface area contributed by atoms with Gasteiger partial charge in [-0.1, -0.05) is 37.5 Å². The Morgan fingerprint density at radius 1 is 1.29 bits per heavy atom. The molecule has 2 rings (SSSR count). The second kappa shape index (κ2) is 7.91. The third kappa shape index (κ3) is 5.66. The van der Waals surface area contributed by atoms with Crippen molar-refractivity contribution in [3.63, 3.8) is 0 Å². The summed E-state index contributed by atoms with van der Waals surface area (Å²) in [4.78, 5) is 11.8. The first-order valence-corrected chi connectivity index (χ1v) is 7.87. The molecule has 1 saturated carbocycles.